The van der Waals surface area contributed by atoms with Crippen LogP contribution in [0.3, 0.4) is 0 Å². The van der Waals surface area contributed by atoms with Gasteiger partial charge in [-0.1, -0.05) is 11.6 Å². The van der Waals surface area contributed by atoms with Crippen LogP contribution in [0.4, 0.5) is 11.6 Å². The number of imidazole rings is 1. The van der Waals surface area contributed by atoms with Crippen LogP contribution in [0.2, 0.25) is 5.15 Å². The van der Waals surface area contributed by atoms with Gasteiger partial charge in [-0.25, -0.2) is 4.98 Å². The van der Waals surface area contributed by atoms with Gasteiger partial charge in [0.05, 0.1) is 5.52 Å². The number of nitrogens with zero attached hydrogens (tertiary/aromatic N) is 3. The number of rotatable bonds is 1. The molecule has 84 valence electrons. The number of hydrogen-bond donors (Lipinski definition) is 1. The number of nitrogen functional groups attached to an aromatic ring is 1. The summed E-state index contributed by atoms with van der Waals surface area (Å²) in [4.78, 5) is 6.41. The molecule has 0 spiro atoms. The van der Waals surface area contributed by atoms with Gasteiger partial charge in [0, 0.05) is 25.0 Å². The minimum Gasteiger partial charge on any atom is -0.371 e. The van der Waals surface area contributed by atoms with Crippen LogP contribution in [0.25, 0.3) is 5.52 Å². The molecule has 2 N–H and O–H groups in total. The minimum atomic E-state index is 0.438. The van der Waals surface area contributed by atoms with Gasteiger partial charge in [-0.15, -0.1) is 0 Å². The van der Waals surface area contributed by atoms with Gasteiger partial charge < -0.3 is 10.6 Å². The molecule has 0 aromatic carbocycles. The Morgan fingerprint density at radius 3 is 2.81 bits per heavy atom. The van der Waals surface area contributed by atoms with Gasteiger partial charge in [0.25, 0.3) is 0 Å². The van der Waals surface area contributed by atoms with Crippen molar-refractivity contribution in [3.8, 4) is 0 Å². The van der Waals surface area contributed by atoms with Crippen LogP contribution < -0.4 is 10.6 Å². The first kappa shape index (κ1) is 9.78. The number of hydrogen-bond acceptors (Lipinski definition) is 3. The summed E-state index contributed by atoms with van der Waals surface area (Å²) in [7, 11) is 0. The van der Waals surface area contributed by atoms with Crippen molar-refractivity contribution < 1.29 is 0 Å². The number of pyridine rings is 1. The highest BCUT2D eigenvalue weighted by atomic mass is 35.5. The Morgan fingerprint density at radius 1 is 1.31 bits per heavy atom. The van der Waals surface area contributed by atoms with Crippen LogP contribution in [-0.2, 0) is 0 Å². The van der Waals surface area contributed by atoms with E-state index in [1.165, 1.54) is 18.5 Å². The molecule has 1 aliphatic rings. The second-order valence-corrected chi connectivity index (χ2v) is 4.45. The second kappa shape index (κ2) is 3.56. The maximum atomic E-state index is 6.03. The molecule has 0 bridgehead atoms. The fraction of sp³-hybridized carbons (Fsp3) is 0.364. The van der Waals surface area contributed by atoms with E-state index in [0.717, 1.165) is 18.6 Å². The Balaban J connectivity index is 2.11. The van der Waals surface area contributed by atoms with Crippen molar-refractivity contribution in [1.82, 2.24) is 9.38 Å². The van der Waals surface area contributed by atoms with E-state index in [1.54, 1.807) is 0 Å². The van der Waals surface area contributed by atoms with Crippen LogP contribution >= 0.6 is 11.6 Å². The first-order valence-electron chi connectivity index (χ1n) is 5.44. The Kier molecular flexibility index (Phi) is 2.17. The van der Waals surface area contributed by atoms with Gasteiger partial charge in [0.2, 0.25) is 5.95 Å². The molecule has 1 fully saturated rings. The van der Waals surface area contributed by atoms with Gasteiger partial charge in [-0.05, 0) is 25.0 Å². The first-order chi connectivity index (χ1) is 7.75. The lowest BCUT2D eigenvalue weighted by Gasteiger charge is -2.17. The zero-order chi connectivity index (χ0) is 11.1. The molecule has 1 aliphatic heterocycles. The average molecular weight is 237 g/mol. The largest absolute Gasteiger partial charge is 0.371 e. The van der Waals surface area contributed by atoms with Gasteiger partial charge in [-0.3, -0.25) is 4.40 Å². The first-order valence-corrected chi connectivity index (χ1v) is 5.81. The molecule has 0 unspecified atom stereocenters. The van der Waals surface area contributed by atoms with Gasteiger partial charge >= 0.3 is 0 Å². The van der Waals surface area contributed by atoms with Crippen LogP contribution in [0.5, 0.6) is 0 Å². The fourth-order valence-corrected chi connectivity index (χ4v) is 2.46. The van der Waals surface area contributed by atoms with Gasteiger partial charge in [0.15, 0.2) is 5.15 Å². The Hall–Kier alpha value is -1.42. The van der Waals surface area contributed by atoms with Gasteiger partial charge in [-0.2, -0.15) is 0 Å². The minimum absolute atomic E-state index is 0.438. The topological polar surface area (TPSA) is 46.6 Å². The molecule has 3 rings (SSSR count). The zero-order valence-corrected chi connectivity index (χ0v) is 9.61. The van der Waals surface area contributed by atoms with Crippen LogP contribution in [-0.4, -0.2) is 22.5 Å². The maximum absolute atomic E-state index is 6.03. The molecule has 0 radical (unpaired) electrons. The number of nitrogens with two attached hydrogens (primary N) is 1. The second-order valence-electron chi connectivity index (χ2n) is 4.10. The summed E-state index contributed by atoms with van der Waals surface area (Å²) in [6.45, 7) is 2.24. The van der Waals surface area contributed by atoms with E-state index in [2.05, 4.69) is 22.0 Å². The van der Waals surface area contributed by atoms with Crippen molar-refractivity contribution in [3.05, 3.63) is 23.5 Å². The quantitative estimate of drug-likeness (QED) is 0.826. The highest BCUT2D eigenvalue weighted by Gasteiger charge is 2.14. The Bertz CT molecular complexity index is 528. The molecular weight excluding hydrogens is 224 g/mol. The molecule has 0 atom stereocenters. The van der Waals surface area contributed by atoms with E-state index in [1.807, 2.05) is 10.6 Å². The highest BCUT2D eigenvalue weighted by molar-refractivity contribution is 6.33. The van der Waals surface area contributed by atoms with Gasteiger partial charge in [0.1, 0.15) is 0 Å². The van der Waals surface area contributed by atoms with Crippen molar-refractivity contribution >= 4 is 28.8 Å². The zero-order valence-electron chi connectivity index (χ0n) is 8.86. The molecule has 5 heteroatoms. The molecule has 2 aromatic heterocycles. The van der Waals surface area contributed by atoms with E-state index in [0.29, 0.717) is 11.1 Å². The summed E-state index contributed by atoms with van der Waals surface area (Å²) in [5.74, 6) is 0.438. The molecule has 0 amide bonds. The third-order valence-corrected chi connectivity index (χ3v) is 3.36. The number of halogens is 1. The summed E-state index contributed by atoms with van der Waals surface area (Å²) in [5.41, 5.74) is 7.81. The fourth-order valence-electron chi connectivity index (χ4n) is 2.23. The summed E-state index contributed by atoms with van der Waals surface area (Å²) < 4.78 is 1.81. The summed E-state index contributed by atoms with van der Waals surface area (Å²) in [6.07, 6.45) is 4.46. The normalized spacial score (nSPS) is 16.2. The van der Waals surface area contributed by atoms with Crippen molar-refractivity contribution in [2.24, 2.45) is 0 Å². The lowest BCUT2D eigenvalue weighted by molar-refractivity contribution is 0.949. The Morgan fingerprint density at radius 2 is 2.06 bits per heavy atom. The molecule has 2 aromatic rings. The Labute approximate surface area is 98.6 Å². The van der Waals surface area contributed by atoms with E-state index in [-0.39, 0.29) is 0 Å². The van der Waals surface area contributed by atoms with Crippen molar-refractivity contribution in [2.45, 2.75) is 12.8 Å². The number of fused-ring (bicyclic) bond motifs is 1. The smallest absolute Gasteiger partial charge is 0.206 e. The molecule has 16 heavy (non-hydrogen) atoms. The van der Waals surface area contributed by atoms with Crippen molar-refractivity contribution in [1.29, 1.82) is 0 Å². The third-order valence-electron chi connectivity index (χ3n) is 3.08. The van der Waals surface area contributed by atoms with Crippen molar-refractivity contribution in [3.63, 3.8) is 0 Å². The highest BCUT2D eigenvalue weighted by Crippen LogP contribution is 2.26. The van der Waals surface area contributed by atoms with E-state index < -0.39 is 0 Å². The molecule has 4 nitrogen and oxygen atoms in total. The number of anilines is 2. The van der Waals surface area contributed by atoms with Crippen LogP contribution in [0.15, 0.2) is 18.3 Å². The predicted octanol–water partition coefficient (Wildman–Crippen LogP) is 2.17. The monoisotopic (exact) mass is 236 g/mol. The SMILES string of the molecule is Nc1nc(Cl)c2cc(N3CCCC3)ccn12. The average Bonchev–Trinajstić information content (AvgIpc) is 2.88. The molecule has 3 heterocycles. The third kappa shape index (κ3) is 1.41. The van der Waals surface area contributed by atoms with E-state index in [9.17, 15) is 0 Å². The molecule has 0 aliphatic carbocycles. The van der Waals surface area contributed by atoms with Crippen molar-refractivity contribution in [2.75, 3.05) is 23.7 Å². The molecule has 1 saturated heterocycles. The molecular formula is C11H13ClN4. The summed E-state index contributed by atoms with van der Waals surface area (Å²) >= 11 is 6.03. The maximum Gasteiger partial charge on any atom is 0.206 e. The van der Waals surface area contributed by atoms with E-state index >= 15 is 0 Å². The summed E-state index contributed by atoms with van der Waals surface area (Å²) in [5, 5.41) is 0.471. The molecule has 0 saturated carbocycles. The summed E-state index contributed by atoms with van der Waals surface area (Å²) in [6, 6.07) is 4.11. The number of aromatic nitrogens is 2. The predicted molar refractivity (Wildman–Crippen MR) is 66.1 cm³/mol. The van der Waals surface area contributed by atoms with E-state index in [4.69, 9.17) is 17.3 Å². The van der Waals surface area contributed by atoms with Crippen LogP contribution in [0.1, 0.15) is 12.8 Å². The standard InChI is InChI=1S/C11H13ClN4/c12-10-9-7-8(15-4-1-2-5-15)3-6-16(9)11(13)14-10/h3,6-7H,1-2,4-5H2,(H2,13,14). The lowest BCUT2D eigenvalue weighted by Crippen LogP contribution is -2.17. The van der Waals surface area contributed by atoms with Crippen LogP contribution in [0, 0.1) is 0 Å². The lowest BCUT2D eigenvalue weighted by atomic mass is 10.3.